The summed E-state index contributed by atoms with van der Waals surface area (Å²) in [7, 11) is -1.85. The molecule has 0 aliphatic carbocycles. The zero-order valence-corrected chi connectivity index (χ0v) is 12.5. The number of rotatable bonds is 3. The average molecular weight is 268 g/mol. The normalized spacial score (nSPS) is 12.1. The lowest BCUT2D eigenvalue weighted by Crippen LogP contribution is -2.43. The van der Waals surface area contributed by atoms with Crippen LogP contribution in [0.15, 0.2) is 24.3 Å². The summed E-state index contributed by atoms with van der Waals surface area (Å²) in [5.41, 5.74) is 0. The molecule has 5 heteroatoms. The smallest absolute Gasteiger partial charge is 0.511 e. The van der Waals surface area contributed by atoms with Gasteiger partial charge in [0.25, 0.3) is 0 Å². The summed E-state index contributed by atoms with van der Waals surface area (Å²) in [6.07, 6.45) is -1.31. The van der Waals surface area contributed by atoms with E-state index in [2.05, 4.69) is 38.6 Å². The zero-order chi connectivity index (χ0) is 14.0. The van der Waals surface area contributed by atoms with E-state index in [1.807, 2.05) is 0 Å². The number of carbonyl (C=O) groups is 1. The van der Waals surface area contributed by atoms with E-state index in [0.717, 1.165) is 5.75 Å². The maximum Gasteiger partial charge on any atom is 0.511 e. The van der Waals surface area contributed by atoms with Crippen LogP contribution in [0, 0.1) is 0 Å². The van der Waals surface area contributed by atoms with Crippen molar-refractivity contribution in [1.82, 2.24) is 0 Å². The maximum absolute atomic E-state index is 10.4. The molecule has 0 atom stereocenters. The molecule has 1 rings (SSSR count). The molecule has 0 aliphatic rings. The first-order valence-electron chi connectivity index (χ1n) is 5.82. The highest BCUT2D eigenvalue weighted by atomic mass is 28.4. The summed E-state index contributed by atoms with van der Waals surface area (Å²) < 4.78 is 10.6. The second kappa shape index (κ2) is 5.02. The van der Waals surface area contributed by atoms with Gasteiger partial charge in [-0.25, -0.2) is 4.79 Å². The summed E-state index contributed by atoms with van der Waals surface area (Å²) in [5, 5.41) is 8.61. The Labute approximate surface area is 109 Å². The summed E-state index contributed by atoms with van der Waals surface area (Å²) in [6.45, 7) is 10.8. The number of hydrogen-bond acceptors (Lipinski definition) is 3. The Morgan fingerprint density at radius 3 is 1.94 bits per heavy atom. The molecule has 0 fully saturated rings. The lowest BCUT2D eigenvalue weighted by molar-refractivity contribution is 0.144. The quantitative estimate of drug-likeness (QED) is 0.509. The fourth-order valence-corrected chi connectivity index (χ4v) is 2.16. The molecular weight excluding hydrogens is 248 g/mol. The third kappa shape index (κ3) is 3.77. The van der Waals surface area contributed by atoms with Gasteiger partial charge in [-0.2, -0.15) is 0 Å². The summed E-state index contributed by atoms with van der Waals surface area (Å²) >= 11 is 0. The Morgan fingerprint density at radius 2 is 1.56 bits per heavy atom. The Kier molecular flexibility index (Phi) is 4.06. The topological polar surface area (TPSA) is 55.8 Å². The van der Waals surface area contributed by atoms with Crippen LogP contribution in [0.5, 0.6) is 11.5 Å². The molecule has 18 heavy (non-hydrogen) atoms. The highest BCUT2D eigenvalue weighted by Crippen LogP contribution is 2.37. The van der Waals surface area contributed by atoms with E-state index in [-0.39, 0.29) is 5.04 Å². The third-order valence-electron chi connectivity index (χ3n) is 3.21. The van der Waals surface area contributed by atoms with Crippen LogP contribution in [0.3, 0.4) is 0 Å². The summed E-state index contributed by atoms with van der Waals surface area (Å²) in [6, 6.07) is 6.66. The monoisotopic (exact) mass is 268 g/mol. The molecule has 100 valence electrons. The number of carboxylic acid groups (broad SMARTS) is 1. The predicted octanol–water partition coefficient (Wildman–Crippen LogP) is 4.13. The van der Waals surface area contributed by atoms with Gasteiger partial charge in [-0.15, -0.1) is 0 Å². The Balaban J connectivity index is 2.78. The molecule has 0 saturated heterocycles. The zero-order valence-electron chi connectivity index (χ0n) is 11.5. The van der Waals surface area contributed by atoms with Gasteiger partial charge in [-0.1, -0.05) is 20.8 Å². The van der Waals surface area contributed by atoms with E-state index in [4.69, 9.17) is 9.53 Å². The van der Waals surface area contributed by atoms with Crippen LogP contribution < -0.4 is 9.16 Å². The Hall–Kier alpha value is -1.49. The molecule has 0 heterocycles. The van der Waals surface area contributed by atoms with Crippen molar-refractivity contribution in [2.75, 3.05) is 0 Å². The van der Waals surface area contributed by atoms with Crippen LogP contribution in [0.1, 0.15) is 20.8 Å². The molecule has 0 bridgehead atoms. The number of benzene rings is 1. The first-order chi connectivity index (χ1) is 8.12. The van der Waals surface area contributed by atoms with Crippen LogP contribution >= 0.6 is 0 Å². The fourth-order valence-electron chi connectivity index (χ4n) is 1.12. The SMILES string of the molecule is CC(C)(C)[Si](C)(C)Oc1ccc(OC(=O)O)cc1. The van der Waals surface area contributed by atoms with Gasteiger partial charge in [0, 0.05) is 0 Å². The second-order valence-corrected chi connectivity index (χ2v) is 10.4. The molecular formula is C13H20O4Si. The maximum atomic E-state index is 10.4. The summed E-state index contributed by atoms with van der Waals surface area (Å²) in [5.74, 6) is 1.05. The lowest BCUT2D eigenvalue weighted by atomic mass is 10.2. The standard InChI is InChI=1S/C13H20O4Si/c1-13(2,3)18(4,5)17-11-8-6-10(7-9-11)16-12(14)15/h6-9H,1-5H3,(H,14,15). The number of ether oxygens (including phenoxy) is 1. The van der Waals surface area contributed by atoms with E-state index < -0.39 is 14.5 Å². The Morgan fingerprint density at radius 1 is 1.11 bits per heavy atom. The molecule has 0 amide bonds. The van der Waals surface area contributed by atoms with E-state index in [1.165, 1.54) is 0 Å². The van der Waals surface area contributed by atoms with Crippen molar-refractivity contribution in [1.29, 1.82) is 0 Å². The van der Waals surface area contributed by atoms with Crippen molar-refractivity contribution in [3.63, 3.8) is 0 Å². The summed E-state index contributed by atoms with van der Waals surface area (Å²) in [4.78, 5) is 10.4. The van der Waals surface area contributed by atoms with Gasteiger partial charge in [0.05, 0.1) is 0 Å². The van der Waals surface area contributed by atoms with Gasteiger partial charge in [0.2, 0.25) is 8.32 Å². The van der Waals surface area contributed by atoms with Gasteiger partial charge in [0.1, 0.15) is 11.5 Å². The molecule has 0 aromatic heterocycles. The van der Waals surface area contributed by atoms with Crippen molar-refractivity contribution in [3.8, 4) is 11.5 Å². The van der Waals surface area contributed by atoms with Crippen molar-refractivity contribution in [2.45, 2.75) is 38.9 Å². The Bertz CT molecular complexity index is 418. The van der Waals surface area contributed by atoms with Gasteiger partial charge in [0.15, 0.2) is 0 Å². The van der Waals surface area contributed by atoms with E-state index >= 15 is 0 Å². The van der Waals surface area contributed by atoms with E-state index in [0.29, 0.717) is 5.75 Å². The molecule has 1 aromatic carbocycles. The van der Waals surface area contributed by atoms with Crippen molar-refractivity contribution < 1.29 is 19.1 Å². The van der Waals surface area contributed by atoms with E-state index in [1.54, 1.807) is 24.3 Å². The molecule has 4 nitrogen and oxygen atoms in total. The fraction of sp³-hybridized carbons (Fsp3) is 0.462. The first kappa shape index (κ1) is 14.6. The van der Waals surface area contributed by atoms with Gasteiger partial charge >= 0.3 is 6.16 Å². The third-order valence-corrected chi connectivity index (χ3v) is 7.57. The molecule has 1 aromatic rings. The highest BCUT2D eigenvalue weighted by Gasteiger charge is 2.38. The highest BCUT2D eigenvalue weighted by molar-refractivity contribution is 6.74. The molecule has 1 N–H and O–H groups in total. The predicted molar refractivity (Wildman–Crippen MR) is 72.9 cm³/mol. The van der Waals surface area contributed by atoms with Crippen LogP contribution in [0.4, 0.5) is 4.79 Å². The van der Waals surface area contributed by atoms with Crippen LogP contribution in [0.2, 0.25) is 18.1 Å². The molecule has 0 unspecified atom stereocenters. The van der Waals surface area contributed by atoms with Crippen molar-refractivity contribution in [3.05, 3.63) is 24.3 Å². The van der Waals surface area contributed by atoms with Gasteiger partial charge in [-0.05, 0) is 42.4 Å². The lowest BCUT2D eigenvalue weighted by Gasteiger charge is -2.36. The minimum Gasteiger partial charge on any atom is -0.543 e. The van der Waals surface area contributed by atoms with E-state index in [9.17, 15) is 4.79 Å². The van der Waals surface area contributed by atoms with Crippen molar-refractivity contribution >= 4 is 14.5 Å². The largest absolute Gasteiger partial charge is 0.543 e. The van der Waals surface area contributed by atoms with Gasteiger partial charge < -0.3 is 14.3 Å². The van der Waals surface area contributed by atoms with Crippen LogP contribution in [-0.4, -0.2) is 19.6 Å². The second-order valence-electron chi connectivity index (χ2n) is 5.70. The minimum absolute atomic E-state index is 0.128. The molecule has 0 saturated carbocycles. The van der Waals surface area contributed by atoms with Gasteiger partial charge in [-0.3, -0.25) is 0 Å². The molecule has 0 spiro atoms. The van der Waals surface area contributed by atoms with Crippen LogP contribution in [0.25, 0.3) is 0 Å². The average Bonchev–Trinajstić information content (AvgIpc) is 2.18. The number of hydrogen-bond donors (Lipinski definition) is 1. The minimum atomic E-state index is -1.85. The van der Waals surface area contributed by atoms with Crippen LogP contribution in [-0.2, 0) is 0 Å². The molecule has 0 aliphatic heterocycles. The van der Waals surface area contributed by atoms with Crippen molar-refractivity contribution in [2.24, 2.45) is 0 Å². The first-order valence-corrected chi connectivity index (χ1v) is 8.72. The molecule has 0 radical (unpaired) electrons.